The van der Waals surface area contributed by atoms with Crippen LogP contribution in [0.1, 0.15) is 37.9 Å². The Morgan fingerprint density at radius 3 is 2.72 bits per heavy atom. The van der Waals surface area contributed by atoms with Gasteiger partial charge < -0.3 is 20.3 Å². The third-order valence-corrected chi connectivity index (χ3v) is 5.16. The summed E-state index contributed by atoms with van der Waals surface area (Å²) in [6.45, 7) is 6.48. The fraction of sp³-hybridized carbons (Fsp3) is 0.409. The van der Waals surface area contributed by atoms with Crippen LogP contribution in [-0.4, -0.2) is 30.2 Å². The number of anilines is 2. The summed E-state index contributed by atoms with van der Waals surface area (Å²) in [5.41, 5.74) is 3.24. The van der Waals surface area contributed by atoms with Crippen LogP contribution in [0.2, 0.25) is 0 Å². The number of hydrogen-bond donors (Lipinski definition) is 2. The lowest BCUT2D eigenvalue weighted by molar-refractivity contribution is 0.163. The Morgan fingerprint density at radius 1 is 1.21 bits per heavy atom. The van der Waals surface area contributed by atoms with E-state index in [4.69, 9.17) is 9.72 Å². The first-order valence-electron chi connectivity index (χ1n) is 10.1. The number of aromatic nitrogens is 1. The highest BCUT2D eigenvalue weighted by molar-refractivity contribution is 5.72. The highest BCUT2D eigenvalue weighted by Crippen LogP contribution is 2.32. The van der Waals surface area contributed by atoms with Crippen molar-refractivity contribution in [2.24, 2.45) is 0 Å². The minimum Gasteiger partial charge on any atom is -0.487 e. The average Bonchev–Trinajstić information content (AvgIpc) is 2.70. The first-order chi connectivity index (χ1) is 14.0. The molecule has 2 aromatic rings. The van der Waals surface area contributed by atoms with Crippen molar-refractivity contribution in [3.63, 3.8) is 0 Å². The molecule has 5 nitrogen and oxygen atoms in total. The van der Waals surface area contributed by atoms with Crippen LogP contribution >= 0.6 is 0 Å². The van der Waals surface area contributed by atoms with Gasteiger partial charge in [0.05, 0.1) is 17.9 Å². The lowest BCUT2D eigenvalue weighted by Gasteiger charge is -2.35. The van der Waals surface area contributed by atoms with Crippen LogP contribution in [0.5, 0.6) is 5.75 Å². The molecule has 1 saturated heterocycles. The lowest BCUT2D eigenvalue weighted by atomic mass is 10.0. The molecule has 1 aromatic carbocycles. The summed E-state index contributed by atoms with van der Waals surface area (Å²) in [7, 11) is 0. The zero-order valence-electron chi connectivity index (χ0n) is 16.7. The Labute approximate surface area is 169 Å². The molecular weight excluding hydrogens is 374 g/mol. The molecule has 2 aliphatic rings. The number of fused-ring (bicyclic) bond motifs is 1. The molecule has 0 aliphatic carbocycles. The molecule has 0 amide bonds. The Kier molecular flexibility index (Phi) is 5.56. The highest BCUT2D eigenvalue weighted by Gasteiger charge is 2.25. The van der Waals surface area contributed by atoms with Gasteiger partial charge in [0.25, 0.3) is 0 Å². The Morgan fingerprint density at radius 2 is 2.00 bits per heavy atom. The van der Waals surface area contributed by atoms with E-state index in [-0.39, 0.29) is 17.9 Å². The van der Waals surface area contributed by atoms with Gasteiger partial charge in [-0.15, -0.1) is 0 Å². The zero-order valence-corrected chi connectivity index (χ0v) is 16.7. The third kappa shape index (κ3) is 4.44. The van der Waals surface area contributed by atoms with Crippen LogP contribution in [0.25, 0.3) is 6.08 Å². The first-order valence-corrected chi connectivity index (χ1v) is 10.1. The van der Waals surface area contributed by atoms with E-state index in [0.717, 1.165) is 61.3 Å². The molecule has 0 saturated carbocycles. The topological polar surface area (TPSA) is 49.4 Å². The van der Waals surface area contributed by atoms with Crippen molar-refractivity contribution in [2.75, 3.05) is 23.3 Å². The Bertz CT molecular complexity index is 908. The number of halogens is 2. The summed E-state index contributed by atoms with van der Waals surface area (Å²) in [5.74, 6) is -0.256. The maximum atomic E-state index is 13.9. The molecular formula is C22H26F2N4O. The molecule has 0 unspecified atom stereocenters. The predicted octanol–water partition coefficient (Wildman–Crippen LogP) is 4.30. The van der Waals surface area contributed by atoms with E-state index < -0.39 is 11.6 Å². The summed E-state index contributed by atoms with van der Waals surface area (Å²) in [5, 5.41) is 6.67. The Balaban J connectivity index is 1.48. The molecule has 3 heterocycles. The molecule has 0 atom stereocenters. The van der Waals surface area contributed by atoms with Crippen LogP contribution in [0.15, 0.2) is 30.5 Å². The van der Waals surface area contributed by atoms with Crippen molar-refractivity contribution >= 4 is 17.6 Å². The smallest absolute Gasteiger partial charge is 0.167 e. The standard InChI is InChI=1S/C22H26F2N4O/c1-14(2)26-22-20(11-15-5-8-25-13-19(15)27-22)28-9-6-17(7-10-28)29-21-4-3-16(23)12-18(21)24/h3-5,8,11-12,14,17,25H,6-7,9-10,13H2,1-2H3,(H,26,27). The van der Waals surface area contributed by atoms with Gasteiger partial charge in [0.2, 0.25) is 0 Å². The summed E-state index contributed by atoms with van der Waals surface area (Å²) in [6.07, 6.45) is 5.41. The second-order valence-corrected chi connectivity index (χ2v) is 7.78. The van der Waals surface area contributed by atoms with Gasteiger partial charge in [-0.1, -0.05) is 0 Å². The third-order valence-electron chi connectivity index (χ3n) is 5.16. The number of piperidine rings is 1. The van der Waals surface area contributed by atoms with Gasteiger partial charge in [-0.2, -0.15) is 0 Å². The minimum absolute atomic E-state index is 0.0950. The van der Waals surface area contributed by atoms with Gasteiger partial charge in [-0.05, 0) is 44.3 Å². The predicted molar refractivity (Wildman–Crippen MR) is 111 cm³/mol. The molecule has 29 heavy (non-hydrogen) atoms. The number of benzene rings is 1. The molecule has 1 aromatic heterocycles. The largest absolute Gasteiger partial charge is 0.487 e. The van der Waals surface area contributed by atoms with Gasteiger partial charge in [0, 0.05) is 43.6 Å². The molecule has 1 fully saturated rings. The van der Waals surface area contributed by atoms with E-state index in [2.05, 4.69) is 35.4 Å². The van der Waals surface area contributed by atoms with E-state index in [9.17, 15) is 8.78 Å². The second-order valence-electron chi connectivity index (χ2n) is 7.78. The fourth-order valence-corrected chi connectivity index (χ4v) is 3.73. The Hall–Kier alpha value is -2.83. The van der Waals surface area contributed by atoms with Gasteiger partial charge >= 0.3 is 0 Å². The SMILES string of the molecule is CC(C)Nc1nc2c(cc1N1CCC(Oc3ccc(F)cc3F)CC1)C=CNC2. The summed E-state index contributed by atoms with van der Waals surface area (Å²) in [4.78, 5) is 7.15. The maximum absolute atomic E-state index is 13.9. The molecule has 0 bridgehead atoms. The van der Waals surface area contributed by atoms with Crippen molar-refractivity contribution < 1.29 is 13.5 Å². The van der Waals surface area contributed by atoms with Gasteiger partial charge in [0.15, 0.2) is 11.6 Å². The fourth-order valence-electron chi connectivity index (χ4n) is 3.73. The van der Waals surface area contributed by atoms with Crippen molar-refractivity contribution in [1.29, 1.82) is 0 Å². The van der Waals surface area contributed by atoms with Gasteiger partial charge in [-0.3, -0.25) is 0 Å². The molecule has 154 valence electrons. The number of ether oxygens (including phenoxy) is 1. The summed E-state index contributed by atoms with van der Waals surface area (Å²) in [6, 6.07) is 5.89. The van der Waals surface area contributed by atoms with E-state index in [0.29, 0.717) is 0 Å². The number of pyridine rings is 1. The van der Waals surface area contributed by atoms with Crippen molar-refractivity contribution in [3.05, 3.63) is 53.4 Å². The highest BCUT2D eigenvalue weighted by atomic mass is 19.1. The quantitative estimate of drug-likeness (QED) is 0.784. The van der Waals surface area contributed by atoms with Crippen LogP contribution in [0.3, 0.4) is 0 Å². The van der Waals surface area contributed by atoms with Crippen LogP contribution in [0.4, 0.5) is 20.3 Å². The minimum atomic E-state index is -0.657. The van der Waals surface area contributed by atoms with Crippen LogP contribution < -0.4 is 20.3 Å². The lowest BCUT2D eigenvalue weighted by Crippen LogP contribution is -2.39. The van der Waals surface area contributed by atoms with Gasteiger partial charge in [-0.25, -0.2) is 13.8 Å². The van der Waals surface area contributed by atoms with Crippen LogP contribution in [-0.2, 0) is 6.54 Å². The molecule has 2 N–H and O–H groups in total. The van der Waals surface area contributed by atoms with E-state index >= 15 is 0 Å². The number of nitrogens with one attached hydrogen (secondary N) is 2. The van der Waals surface area contributed by atoms with Crippen molar-refractivity contribution in [1.82, 2.24) is 10.3 Å². The molecule has 0 spiro atoms. The van der Waals surface area contributed by atoms with E-state index in [1.165, 1.54) is 12.1 Å². The number of nitrogens with zero attached hydrogens (tertiary/aromatic N) is 2. The first kappa shape index (κ1) is 19.5. The van der Waals surface area contributed by atoms with Crippen molar-refractivity contribution in [3.8, 4) is 5.75 Å². The second kappa shape index (κ2) is 8.27. The van der Waals surface area contributed by atoms with E-state index in [1.807, 2.05) is 12.3 Å². The molecule has 0 radical (unpaired) electrons. The molecule has 7 heteroatoms. The van der Waals surface area contributed by atoms with Crippen LogP contribution in [0, 0.1) is 11.6 Å². The monoisotopic (exact) mass is 400 g/mol. The summed E-state index contributed by atoms with van der Waals surface area (Å²) < 4.78 is 32.8. The average molecular weight is 400 g/mol. The number of rotatable bonds is 5. The van der Waals surface area contributed by atoms with Crippen molar-refractivity contribution in [2.45, 2.75) is 45.4 Å². The van der Waals surface area contributed by atoms with Gasteiger partial charge in [0.1, 0.15) is 17.7 Å². The maximum Gasteiger partial charge on any atom is 0.167 e. The summed E-state index contributed by atoms with van der Waals surface area (Å²) >= 11 is 0. The zero-order chi connectivity index (χ0) is 20.4. The number of hydrogen-bond acceptors (Lipinski definition) is 5. The molecule has 2 aliphatic heterocycles. The molecule has 4 rings (SSSR count). The van der Waals surface area contributed by atoms with E-state index in [1.54, 1.807) is 0 Å². The normalized spacial score (nSPS) is 16.5.